The first-order chi connectivity index (χ1) is 9.83. The second-order valence-corrected chi connectivity index (χ2v) is 5.92. The van der Waals surface area contributed by atoms with Crippen molar-refractivity contribution in [1.82, 2.24) is 9.55 Å². The van der Waals surface area contributed by atoms with Crippen LogP contribution in [0.15, 0.2) is 35.7 Å². The van der Waals surface area contributed by atoms with Crippen LogP contribution in [-0.2, 0) is 19.5 Å². The molecular weight excluding hydrogens is 266 g/mol. The fraction of sp³-hybridized carbons (Fsp3) is 0.312. The SMILES string of the molecule is CCCn1c(Cc2ccsc2CN)nc2ccccc21. The van der Waals surface area contributed by atoms with E-state index in [4.69, 9.17) is 10.7 Å². The molecule has 2 aromatic heterocycles. The molecule has 3 nitrogen and oxygen atoms in total. The van der Waals surface area contributed by atoms with Gasteiger partial charge in [-0.1, -0.05) is 19.1 Å². The molecule has 2 N–H and O–H groups in total. The Hall–Kier alpha value is -1.65. The van der Waals surface area contributed by atoms with E-state index in [2.05, 4.69) is 41.1 Å². The Bertz CT molecular complexity index is 711. The fourth-order valence-corrected chi connectivity index (χ4v) is 3.39. The third-order valence-corrected chi connectivity index (χ3v) is 4.54. The normalized spacial score (nSPS) is 11.3. The van der Waals surface area contributed by atoms with Crippen LogP contribution in [0.4, 0.5) is 0 Å². The number of hydrogen-bond donors (Lipinski definition) is 1. The molecule has 0 saturated heterocycles. The minimum atomic E-state index is 0.612. The van der Waals surface area contributed by atoms with Gasteiger partial charge >= 0.3 is 0 Å². The van der Waals surface area contributed by atoms with Gasteiger partial charge in [-0.2, -0.15) is 0 Å². The first-order valence-electron chi connectivity index (χ1n) is 7.03. The summed E-state index contributed by atoms with van der Waals surface area (Å²) in [5.41, 5.74) is 9.43. The monoisotopic (exact) mass is 285 g/mol. The van der Waals surface area contributed by atoms with Gasteiger partial charge in [-0.05, 0) is 35.6 Å². The lowest BCUT2D eigenvalue weighted by molar-refractivity contribution is 0.664. The molecule has 4 heteroatoms. The minimum Gasteiger partial charge on any atom is -0.328 e. The number of thiophene rings is 1. The lowest BCUT2D eigenvalue weighted by Gasteiger charge is -2.08. The average molecular weight is 285 g/mol. The van der Waals surface area contributed by atoms with E-state index in [-0.39, 0.29) is 0 Å². The second kappa shape index (κ2) is 5.77. The molecule has 0 radical (unpaired) electrons. The molecule has 0 atom stereocenters. The van der Waals surface area contributed by atoms with Crippen molar-refractivity contribution < 1.29 is 0 Å². The van der Waals surface area contributed by atoms with Crippen molar-refractivity contribution in [3.8, 4) is 0 Å². The van der Waals surface area contributed by atoms with Gasteiger partial charge in [0.2, 0.25) is 0 Å². The third kappa shape index (κ3) is 2.37. The van der Waals surface area contributed by atoms with Gasteiger partial charge in [-0.3, -0.25) is 0 Å². The van der Waals surface area contributed by atoms with Crippen LogP contribution in [0.1, 0.15) is 29.6 Å². The van der Waals surface area contributed by atoms with Gasteiger partial charge in [-0.25, -0.2) is 4.98 Å². The molecule has 20 heavy (non-hydrogen) atoms. The number of benzene rings is 1. The number of rotatable bonds is 5. The van der Waals surface area contributed by atoms with Crippen LogP contribution in [0.2, 0.25) is 0 Å². The van der Waals surface area contributed by atoms with Crippen molar-refractivity contribution in [2.45, 2.75) is 32.9 Å². The highest BCUT2D eigenvalue weighted by molar-refractivity contribution is 7.10. The van der Waals surface area contributed by atoms with Crippen molar-refractivity contribution in [3.63, 3.8) is 0 Å². The van der Waals surface area contributed by atoms with Crippen LogP contribution < -0.4 is 5.73 Å². The maximum atomic E-state index is 5.80. The summed E-state index contributed by atoms with van der Waals surface area (Å²) in [5.74, 6) is 1.14. The summed E-state index contributed by atoms with van der Waals surface area (Å²) in [6.07, 6.45) is 1.98. The summed E-state index contributed by atoms with van der Waals surface area (Å²) in [7, 11) is 0. The molecule has 0 aliphatic carbocycles. The van der Waals surface area contributed by atoms with E-state index in [9.17, 15) is 0 Å². The Morgan fingerprint density at radius 1 is 1.25 bits per heavy atom. The molecule has 1 aromatic carbocycles. The second-order valence-electron chi connectivity index (χ2n) is 4.92. The van der Waals surface area contributed by atoms with Crippen LogP contribution in [-0.4, -0.2) is 9.55 Å². The standard InChI is InChI=1S/C16H19N3S/c1-2-8-19-14-6-4-3-5-13(14)18-16(19)10-12-7-9-20-15(12)11-17/h3-7,9H,2,8,10-11,17H2,1H3. The molecule has 0 aliphatic rings. The van der Waals surface area contributed by atoms with E-state index < -0.39 is 0 Å². The maximum absolute atomic E-state index is 5.80. The summed E-state index contributed by atoms with van der Waals surface area (Å²) in [5, 5.41) is 2.12. The van der Waals surface area contributed by atoms with Gasteiger partial charge in [0.15, 0.2) is 0 Å². The summed E-state index contributed by atoms with van der Waals surface area (Å²) in [6, 6.07) is 10.5. The van der Waals surface area contributed by atoms with Gasteiger partial charge in [0.25, 0.3) is 0 Å². The van der Waals surface area contributed by atoms with Crippen molar-refractivity contribution in [2.75, 3.05) is 0 Å². The number of nitrogens with two attached hydrogens (primary N) is 1. The Kier molecular flexibility index (Phi) is 3.85. The van der Waals surface area contributed by atoms with Crippen molar-refractivity contribution in [3.05, 3.63) is 52.0 Å². The predicted molar refractivity (Wildman–Crippen MR) is 85.0 cm³/mol. The minimum absolute atomic E-state index is 0.612. The quantitative estimate of drug-likeness (QED) is 0.779. The molecule has 0 bridgehead atoms. The fourth-order valence-electron chi connectivity index (χ4n) is 2.61. The first kappa shape index (κ1) is 13.3. The summed E-state index contributed by atoms with van der Waals surface area (Å²) < 4.78 is 2.34. The van der Waals surface area contributed by atoms with Crippen molar-refractivity contribution in [2.24, 2.45) is 5.73 Å². The van der Waals surface area contributed by atoms with E-state index in [0.29, 0.717) is 6.54 Å². The van der Waals surface area contributed by atoms with Crippen LogP contribution in [0.5, 0.6) is 0 Å². The number of aryl methyl sites for hydroxylation is 1. The van der Waals surface area contributed by atoms with E-state index >= 15 is 0 Å². The third-order valence-electron chi connectivity index (χ3n) is 3.55. The molecule has 104 valence electrons. The molecule has 0 amide bonds. The Labute approximate surface area is 123 Å². The van der Waals surface area contributed by atoms with Crippen LogP contribution in [0.3, 0.4) is 0 Å². The molecular formula is C16H19N3S. The molecule has 2 heterocycles. The zero-order chi connectivity index (χ0) is 13.9. The average Bonchev–Trinajstić information content (AvgIpc) is 3.05. The summed E-state index contributed by atoms with van der Waals surface area (Å²) >= 11 is 1.73. The number of aromatic nitrogens is 2. The van der Waals surface area contributed by atoms with Crippen LogP contribution >= 0.6 is 11.3 Å². The first-order valence-corrected chi connectivity index (χ1v) is 7.91. The highest BCUT2D eigenvalue weighted by atomic mass is 32.1. The number of imidazole rings is 1. The summed E-state index contributed by atoms with van der Waals surface area (Å²) in [6.45, 7) is 3.83. The van der Waals surface area contributed by atoms with E-state index in [1.165, 1.54) is 16.0 Å². The van der Waals surface area contributed by atoms with Crippen molar-refractivity contribution in [1.29, 1.82) is 0 Å². The lowest BCUT2D eigenvalue weighted by atomic mass is 10.2. The van der Waals surface area contributed by atoms with Crippen molar-refractivity contribution >= 4 is 22.4 Å². The summed E-state index contributed by atoms with van der Waals surface area (Å²) in [4.78, 5) is 6.07. The molecule has 0 aliphatic heterocycles. The van der Waals surface area contributed by atoms with Gasteiger partial charge in [0.05, 0.1) is 11.0 Å². The number of hydrogen-bond acceptors (Lipinski definition) is 3. The van der Waals surface area contributed by atoms with Gasteiger partial charge in [-0.15, -0.1) is 11.3 Å². The number of fused-ring (bicyclic) bond motifs is 1. The van der Waals surface area contributed by atoms with Crippen LogP contribution in [0.25, 0.3) is 11.0 Å². The topological polar surface area (TPSA) is 43.8 Å². The zero-order valence-corrected chi connectivity index (χ0v) is 12.5. The van der Waals surface area contributed by atoms with Gasteiger partial charge in [0, 0.05) is 24.4 Å². The molecule has 0 saturated carbocycles. The largest absolute Gasteiger partial charge is 0.328 e. The van der Waals surface area contributed by atoms with Crippen LogP contribution in [0, 0.1) is 0 Å². The predicted octanol–water partition coefficient (Wildman–Crippen LogP) is 3.56. The number of para-hydroxylation sites is 2. The highest BCUT2D eigenvalue weighted by Gasteiger charge is 2.12. The smallest absolute Gasteiger partial charge is 0.114 e. The van der Waals surface area contributed by atoms with Gasteiger partial charge in [0.1, 0.15) is 5.82 Å². The molecule has 0 fully saturated rings. The zero-order valence-electron chi connectivity index (χ0n) is 11.7. The highest BCUT2D eigenvalue weighted by Crippen LogP contribution is 2.23. The Morgan fingerprint density at radius 2 is 2.10 bits per heavy atom. The maximum Gasteiger partial charge on any atom is 0.114 e. The molecule has 0 spiro atoms. The number of nitrogens with zero attached hydrogens (tertiary/aromatic N) is 2. The molecule has 0 unspecified atom stereocenters. The molecule has 3 aromatic rings. The van der Waals surface area contributed by atoms with E-state index in [0.717, 1.165) is 30.7 Å². The Morgan fingerprint density at radius 3 is 2.90 bits per heavy atom. The van der Waals surface area contributed by atoms with Gasteiger partial charge < -0.3 is 10.3 Å². The molecule has 3 rings (SSSR count). The Balaban J connectivity index is 2.04. The lowest BCUT2D eigenvalue weighted by Crippen LogP contribution is -2.05. The van der Waals surface area contributed by atoms with E-state index in [1.807, 2.05) is 6.07 Å². The van der Waals surface area contributed by atoms with E-state index in [1.54, 1.807) is 11.3 Å².